The molecule has 0 radical (unpaired) electrons. The van der Waals surface area contributed by atoms with Crippen molar-refractivity contribution < 1.29 is 24.7 Å². The molecule has 0 amide bonds. The summed E-state index contributed by atoms with van der Waals surface area (Å²) in [5.41, 5.74) is -5.70. The topological polar surface area (TPSA) is 22.2 Å². The molecule has 2 atom stereocenters. The van der Waals surface area contributed by atoms with Gasteiger partial charge >= 0.3 is 0 Å². The summed E-state index contributed by atoms with van der Waals surface area (Å²) in [5, 5.41) is 0. The van der Waals surface area contributed by atoms with E-state index in [1.54, 1.807) is 0 Å². The Hall–Kier alpha value is -2.86. The minimum Gasteiger partial charge on any atom is -0.299 e. The number of benzene rings is 2. The van der Waals surface area contributed by atoms with Gasteiger partial charge < -0.3 is 0 Å². The molecule has 30 heavy (non-hydrogen) atoms. The predicted molar refractivity (Wildman–Crippen MR) is 127 cm³/mol. The van der Waals surface area contributed by atoms with Gasteiger partial charge in [-0.15, -0.1) is 0 Å². The Morgan fingerprint density at radius 1 is 1.23 bits per heavy atom. The summed E-state index contributed by atoms with van der Waals surface area (Å²) in [7, 11) is 0. The van der Waals surface area contributed by atoms with Crippen LogP contribution in [0.1, 0.15) is 101 Å². The first-order valence-electron chi connectivity index (χ1n) is 18.1. The third-order valence-electron chi connectivity index (χ3n) is 4.17. The van der Waals surface area contributed by atoms with Gasteiger partial charge in [-0.1, -0.05) is 78.5 Å². The largest absolute Gasteiger partial charge is 0.299 e. The van der Waals surface area contributed by atoms with E-state index in [-0.39, 0.29) is 0 Å². The Morgan fingerprint density at radius 2 is 1.93 bits per heavy atom. The van der Waals surface area contributed by atoms with Gasteiger partial charge in [-0.2, -0.15) is 0 Å². The van der Waals surface area contributed by atoms with Crippen molar-refractivity contribution in [1.29, 1.82) is 0 Å². The van der Waals surface area contributed by atoms with Crippen molar-refractivity contribution in [3.8, 4) is 17.1 Å². The fourth-order valence-corrected chi connectivity index (χ4v) is 2.99. The molecule has 0 saturated carbocycles. The maximum absolute atomic E-state index is 9.23. The highest BCUT2D eigenvalue weighted by Gasteiger charge is 2.22. The third-order valence-corrected chi connectivity index (χ3v) is 4.17. The average molecular weight is 418 g/mol. The molecule has 0 spiro atoms. The summed E-state index contributed by atoms with van der Waals surface area (Å²) in [6.45, 7) is 2.45. The van der Waals surface area contributed by atoms with E-state index in [1.165, 1.54) is 13.8 Å². The van der Waals surface area contributed by atoms with Gasteiger partial charge in [-0.05, 0) is 46.4 Å². The summed E-state index contributed by atoms with van der Waals surface area (Å²) < 4.78 is 153. The SMILES string of the molecule is [2H]c1cc(-c2nc([2H])c([2H])n2-c2c(C([2H])(C)C([2H])([2H])[2H])c([2H])c(CC(C)(C)C([2H])([2H])[2H])c([2H])c2C([2H])(C)C([2H])([2H])[2H])c([2H])c([N+]#[C-])c1[2H]. The van der Waals surface area contributed by atoms with Gasteiger partial charge in [-0.25, -0.2) is 9.83 Å². The zero-order chi connectivity index (χ0) is 37.5. The molecule has 0 saturated heterocycles. The van der Waals surface area contributed by atoms with Gasteiger partial charge in [0.05, 0.1) is 19.1 Å². The Kier molecular flexibility index (Phi) is 2.36. The summed E-state index contributed by atoms with van der Waals surface area (Å²) in [5.74, 6) is -6.37. The molecule has 3 nitrogen and oxygen atoms in total. The van der Waals surface area contributed by atoms with Gasteiger partial charge in [0, 0.05) is 35.7 Å². The third kappa shape index (κ3) is 4.65. The fourth-order valence-electron chi connectivity index (χ4n) is 2.99. The van der Waals surface area contributed by atoms with Gasteiger partial charge in [0.15, 0.2) is 5.69 Å². The lowest BCUT2D eigenvalue weighted by Crippen LogP contribution is -2.13. The van der Waals surface area contributed by atoms with E-state index >= 15 is 0 Å². The number of rotatable bonds is 5. The van der Waals surface area contributed by atoms with Gasteiger partial charge in [0.25, 0.3) is 0 Å². The van der Waals surface area contributed by atoms with Crippen LogP contribution < -0.4 is 0 Å². The second-order valence-corrected chi connectivity index (χ2v) is 7.55. The normalized spacial score (nSPS) is 25.7. The standard InChI is InChI=1S/C27H33N3/c1-18(2)23-14-20(17-27(5,6)7)15-24(19(3)4)25(23)30-13-12-29-26(30)21-10-9-11-22(16-21)28-8/h9-16,18-19H,17H2,1-7H3/i1D3,3D3,5D3,9D,11D,12D,13D,14D,15D,16D,18D,19D. The lowest BCUT2D eigenvalue weighted by Gasteiger charge is -2.26. The smallest absolute Gasteiger partial charge is 0.187 e. The van der Waals surface area contributed by atoms with Gasteiger partial charge in [0.2, 0.25) is 0 Å². The first kappa shape index (κ1) is 8.35. The van der Waals surface area contributed by atoms with E-state index in [4.69, 9.17) is 28.5 Å². The molecule has 0 N–H and O–H groups in total. The molecule has 0 aliphatic rings. The Balaban J connectivity index is 2.85. The second kappa shape index (κ2) is 8.48. The quantitative estimate of drug-likeness (QED) is 0.386. The second-order valence-electron chi connectivity index (χ2n) is 7.55. The summed E-state index contributed by atoms with van der Waals surface area (Å²) >= 11 is 0. The molecule has 3 aromatic rings. The first-order valence-corrected chi connectivity index (χ1v) is 9.10. The summed E-state index contributed by atoms with van der Waals surface area (Å²) in [4.78, 5) is 7.11. The highest BCUT2D eigenvalue weighted by atomic mass is 15.1. The van der Waals surface area contributed by atoms with E-state index in [9.17, 15) is 2.74 Å². The van der Waals surface area contributed by atoms with E-state index in [2.05, 4.69) is 9.83 Å². The van der Waals surface area contributed by atoms with Crippen molar-refractivity contribution in [1.82, 2.24) is 9.55 Å². The number of nitrogens with zero attached hydrogens (tertiary/aromatic N) is 3. The van der Waals surface area contributed by atoms with Crippen LogP contribution in [0.5, 0.6) is 0 Å². The van der Waals surface area contributed by atoms with E-state index in [0.717, 1.165) is 19.9 Å². The molecule has 2 unspecified atom stereocenters. The lowest BCUT2D eigenvalue weighted by atomic mass is 9.83. The van der Waals surface area contributed by atoms with Crippen molar-refractivity contribution in [2.45, 2.75) is 66.5 Å². The molecule has 1 heterocycles. The monoisotopic (exact) mass is 417 g/mol. The lowest BCUT2D eigenvalue weighted by molar-refractivity contribution is 0.411. The maximum Gasteiger partial charge on any atom is 0.187 e. The van der Waals surface area contributed by atoms with Crippen LogP contribution in [0.4, 0.5) is 5.69 Å². The number of aromatic nitrogens is 2. The van der Waals surface area contributed by atoms with Crippen LogP contribution in [0.2, 0.25) is 0 Å². The van der Waals surface area contributed by atoms with E-state index < -0.39 is 126 Å². The molecule has 0 bridgehead atoms. The predicted octanol–water partition coefficient (Wildman–Crippen LogP) is 7.93. The molecule has 156 valence electrons. The first-order chi connectivity index (χ1) is 21.4. The van der Waals surface area contributed by atoms with Crippen LogP contribution in [-0.2, 0) is 6.42 Å². The van der Waals surface area contributed by atoms with E-state index in [0.29, 0.717) is 4.57 Å². The molecular weight excluding hydrogens is 366 g/mol. The molecule has 3 heteroatoms. The summed E-state index contributed by atoms with van der Waals surface area (Å²) in [6, 6.07) is -2.69. The Bertz CT molecular complexity index is 1760. The molecule has 0 aliphatic carbocycles. The van der Waals surface area contributed by atoms with Gasteiger partial charge in [-0.3, -0.25) is 4.57 Å². The molecular formula is C27H33N3. The van der Waals surface area contributed by atoms with Crippen LogP contribution in [0, 0.1) is 12.0 Å². The maximum atomic E-state index is 9.23. The van der Waals surface area contributed by atoms with Crippen LogP contribution in [0.25, 0.3) is 21.9 Å². The molecule has 0 aliphatic heterocycles. The number of hydrogen-bond donors (Lipinski definition) is 0. The molecule has 3 rings (SSSR count). The van der Waals surface area contributed by atoms with Crippen molar-refractivity contribution >= 4 is 5.69 Å². The van der Waals surface area contributed by atoms with Gasteiger partial charge in [0.1, 0.15) is 5.82 Å². The minimum atomic E-state index is -3.31. The van der Waals surface area contributed by atoms with Crippen LogP contribution in [0.15, 0.2) is 48.6 Å². The van der Waals surface area contributed by atoms with Crippen molar-refractivity contribution in [3.63, 3.8) is 0 Å². The van der Waals surface area contributed by atoms with Crippen LogP contribution >= 0.6 is 0 Å². The number of hydrogen-bond acceptors (Lipinski definition) is 1. The molecule has 1 aromatic heterocycles. The van der Waals surface area contributed by atoms with Crippen LogP contribution in [0.3, 0.4) is 0 Å². The van der Waals surface area contributed by atoms with Crippen molar-refractivity contribution in [2.75, 3.05) is 0 Å². The Morgan fingerprint density at radius 3 is 2.53 bits per heavy atom. The Labute approximate surface area is 206 Å². The summed E-state index contributed by atoms with van der Waals surface area (Å²) in [6.07, 6.45) is -2.38. The van der Waals surface area contributed by atoms with E-state index in [1.807, 2.05) is 0 Å². The zero-order valence-electron chi connectivity index (χ0n) is 35.1. The van der Waals surface area contributed by atoms with Crippen molar-refractivity contribution in [3.05, 3.63) is 76.7 Å². The highest BCUT2D eigenvalue weighted by Crippen LogP contribution is 2.37. The fraction of sp³-hybridized carbons (Fsp3) is 0.407. The zero-order valence-corrected chi connectivity index (χ0v) is 17.1. The minimum absolute atomic E-state index is 0.433. The highest BCUT2D eigenvalue weighted by molar-refractivity contribution is 5.67. The molecule has 2 aromatic carbocycles. The van der Waals surface area contributed by atoms with Crippen LogP contribution in [-0.4, -0.2) is 9.55 Å². The molecule has 0 fully saturated rings. The van der Waals surface area contributed by atoms with Crippen molar-refractivity contribution in [2.24, 2.45) is 5.41 Å². The average Bonchev–Trinajstić information content (AvgIpc) is 3.19. The number of imidazole rings is 1.